The van der Waals surface area contributed by atoms with Crippen LogP contribution in [-0.4, -0.2) is 60.8 Å². The van der Waals surface area contributed by atoms with Gasteiger partial charge < -0.3 is 9.72 Å². The molecule has 1 aromatic heterocycles. The van der Waals surface area contributed by atoms with E-state index in [-0.39, 0.29) is 11.7 Å². The molecule has 2 aliphatic heterocycles. The number of piperidine rings is 2. The Hall–Kier alpha value is -1.97. The van der Waals surface area contributed by atoms with Crippen LogP contribution in [0.25, 0.3) is 10.9 Å². The van der Waals surface area contributed by atoms with E-state index in [1.54, 1.807) is 6.07 Å². The molecule has 2 fully saturated rings. The van der Waals surface area contributed by atoms with E-state index in [0.29, 0.717) is 38.9 Å². The molecule has 0 bridgehead atoms. The number of esters is 1. The fraction of sp³-hybridized carbons (Fsp3) is 0.550. The highest BCUT2D eigenvalue weighted by molar-refractivity contribution is 7.86. The third kappa shape index (κ3) is 3.78. The van der Waals surface area contributed by atoms with Gasteiger partial charge in [-0.3, -0.25) is 4.79 Å². The van der Waals surface area contributed by atoms with Crippen molar-refractivity contribution in [1.82, 2.24) is 13.6 Å². The molecule has 1 atom stereocenters. The molecule has 0 aliphatic carbocycles. The highest BCUT2D eigenvalue weighted by Crippen LogP contribution is 2.35. The van der Waals surface area contributed by atoms with Gasteiger partial charge in [-0.05, 0) is 61.8 Å². The normalized spacial score (nSPS) is 22.8. The van der Waals surface area contributed by atoms with E-state index < -0.39 is 22.2 Å². The molecular weight excluding hydrogens is 397 g/mol. The average molecular weight is 424 g/mol. The molecule has 0 spiro atoms. The minimum absolute atomic E-state index is 0.162. The fourth-order valence-electron chi connectivity index (χ4n) is 4.55. The highest BCUT2D eigenvalue weighted by atomic mass is 32.2. The first-order chi connectivity index (χ1) is 13.9. The number of hydrogen-bond donors (Lipinski definition) is 1. The summed E-state index contributed by atoms with van der Waals surface area (Å²) in [5.74, 6) is -0.615. The third-order valence-electron chi connectivity index (χ3n) is 6.12. The van der Waals surface area contributed by atoms with Gasteiger partial charge in [0.1, 0.15) is 11.9 Å². The zero-order valence-electron chi connectivity index (χ0n) is 16.4. The molecule has 9 heteroatoms. The number of halogens is 1. The molecule has 2 aromatic rings. The van der Waals surface area contributed by atoms with E-state index in [1.165, 1.54) is 27.9 Å². The van der Waals surface area contributed by atoms with Crippen LogP contribution >= 0.6 is 0 Å². The van der Waals surface area contributed by atoms with E-state index in [4.69, 9.17) is 4.74 Å². The van der Waals surface area contributed by atoms with E-state index in [0.717, 1.165) is 29.3 Å². The van der Waals surface area contributed by atoms with Gasteiger partial charge in [0.05, 0.1) is 7.11 Å². The van der Waals surface area contributed by atoms with Crippen LogP contribution in [0.2, 0.25) is 0 Å². The number of hydrogen-bond acceptors (Lipinski definition) is 4. The molecule has 1 N–H and O–H groups in total. The molecular formula is C20H26FN3O4S. The molecule has 7 nitrogen and oxygen atoms in total. The van der Waals surface area contributed by atoms with Crippen molar-refractivity contribution < 1.29 is 22.3 Å². The summed E-state index contributed by atoms with van der Waals surface area (Å²) in [5.41, 5.74) is 1.91. The Morgan fingerprint density at radius 2 is 1.93 bits per heavy atom. The number of methoxy groups -OCH3 is 1. The Morgan fingerprint density at radius 1 is 1.17 bits per heavy atom. The van der Waals surface area contributed by atoms with Crippen LogP contribution in [0.4, 0.5) is 4.39 Å². The predicted molar refractivity (Wildman–Crippen MR) is 107 cm³/mol. The van der Waals surface area contributed by atoms with Crippen LogP contribution in [0.15, 0.2) is 24.4 Å². The fourth-order valence-corrected chi connectivity index (χ4v) is 6.39. The number of nitrogens with one attached hydrogen (secondary N) is 1. The van der Waals surface area contributed by atoms with Gasteiger partial charge in [-0.25, -0.2) is 4.39 Å². The average Bonchev–Trinajstić information content (AvgIpc) is 3.16. The van der Waals surface area contributed by atoms with E-state index in [9.17, 15) is 17.6 Å². The van der Waals surface area contributed by atoms with Crippen molar-refractivity contribution in [2.24, 2.45) is 0 Å². The molecule has 0 unspecified atom stereocenters. The van der Waals surface area contributed by atoms with Gasteiger partial charge in [0, 0.05) is 36.7 Å². The maximum atomic E-state index is 13.7. The summed E-state index contributed by atoms with van der Waals surface area (Å²) < 4.78 is 47.7. The minimum atomic E-state index is -3.73. The van der Waals surface area contributed by atoms with Crippen molar-refractivity contribution in [3.8, 4) is 0 Å². The lowest BCUT2D eigenvalue weighted by atomic mass is 9.90. The van der Waals surface area contributed by atoms with Crippen molar-refractivity contribution in [3.63, 3.8) is 0 Å². The maximum Gasteiger partial charge on any atom is 0.324 e. The van der Waals surface area contributed by atoms with Gasteiger partial charge in [0.2, 0.25) is 0 Å². The van der Waals surface area contributed by atoms with Gasteiger partial charge in [0.25, 0.3) is 10.2 Å². The predicted octanol–water partition coefficient (Wildman–Crippen LogP) is 2.76. The molecule has 0 saturated carbocycles. The molecule has 4 rings (SSSR count). The third-order valence-corrected chi connectivity index (χ3v) is 8.17. The van der Waals surface area contributed by atoms with E-state index >= 15 is 0 Å². The summed E-state index contributed by atoms with van der Waals surface area (Å²) in [7, 11) is -2.44. The second kappa shape index (κ2) is 8.04. The van der Waals surface area contributed by atoms with Crippen LogP contribution in [-0.2, 0) is 19.7 Å². The number of ether oxygens (including phenoxy) is 1. The first kappa shape index (κ1) is 20.3. The first-order valence-corrected chi connectivity index (χ1v) is 11.4. The zero-order valence-corrected chi connectivity index (χ0v) is 17.3. The van der Waals surface area contributed by atoms with Crippen LogP contribution in [0.3, 0.4) is 0 Å². The summed E-state index contributed by atoms with van der Waals surface area (Å²) in [5, 5.41) is 0.855. The Kier molecular flexibility index (Phi) is 5.63. The van der Waals surface area contributed by atoms with Crippen molar-refractivity contribution in [3.05, 3.63) is 35.8 Å². The number of H-pyrrole nitrogens is 1. The van der Waals surface area contributed by atoms with Gasteiger partial charge >= 0.3 is 5.97 Å². The summed E-state index contributed by atoms with van der Waals surface area (Å²) in [6.45, 7) is 1.09. The van der Waals surface area contributed by atoms with Gasteiger partial charge in [-0.15, -0.1) is 0 Å². The molecule has 0 amide bonds. The zero-order chi connectivity index (χ0) is 20.6. The number of aromatic amines is 1. The Bertz CT molecular complexity index is 998. The second-order valence-corrected chi connectivity index (χ2v) is 9.64. The minimum Gasteiger partial charge on any atom is -0.468 e. The molecule has 2 saturated heterocycles. The van der Waals surface area contributed by atoms with Crippen molar-refractivity contribution in [2.75, 3.05) is 26.7 Å². The van der Waals surface area contributed by atoms with Gasteiger partial charge in [-0.1, -0.05) is 0 Å². The molecule has 158 valence electrons. The number of fused-ring (bicyclic) bond motifs is 1. The maximum absolute atomic E-state index is 13.7. The van der Waals surface area contributed by atoms with Crippen LogP contribution in [0.5, 0.6) is 0 Å². The molecule has 3 heterocycles. The number of benzene rings is 1. The van der Waals surface area contributed by atoms with Crippen LogP contribution in [0, 0.1) is 5.82 Å². The molecule has 0 radical (unpaired) electrons. The summed E-state index contributed by atoms with van der Waals surface area (Å²) >= 11 is 0. The highest BCUT2D eigenvalue weighted by Gasteiger charge is 2.41. The number of aromatic nitrogens is 1. The second-order valence-electron chi connectivity index (χ2n) is 7.76. The summed E-state index contributed by atoms with van der Waals surface area (Å²) in [6, 6.07) is 3.93. The van der Waals surface area contributed by atoms with E-state index in [2.05, 4.69) is 4.98 Å². The Labute approximate surface area is 170 Å². The SMILES string of the molecule is COC(=O)[C@H]1CCCCN1S(=O)(=O)N1CCC(c2c[nH]c3ccc(F)cc23)CC1. The number of rotatable bonds is 4. The molecule has 29 heavy (non-hydrogen) atoms. The quantitative estimate of drug-likeness (QED) is 0.767. The van der Waals surface area contributed by atoms with Crippen molar-refractivity contribution >= 4 is 27.1 Å². The largest absolute Gasteiger partial charge is 0.468 e. The standard InChI is InChI=1S/C20H26FN3O4S/c1-28-20(25)19-4-2-3-9-24(19)29(26,27)23-10-7-14(8-11-23)17-13-22-18-6-5-15(21)12-16(17)18/h5-6,12-14,19,22H,2-4,7-11H2,1H3/t19-/m1/s1. The Balaban J connectivity index is 1.49. The summed E-state index contributed by atoms with van der Waals surface area (Å²) in [4.78, 5) is 15.3. The lowest BCUT2D eigenvalue weighted by Gasteiger charge is -2.39. The Morgan fingerprint density at radius 3 is 2.66 bits per heavy atom. The van der Waals surface area contributed by atoms with E-state index in [1.807, 2.05) is 6.20 Å². The molecule has 1 aromatic carbocycles. The van der Waals surface area contributed by atoms with Crippen LogP contribution in [0.1, 0.15) is 43.6 Å². The lowest BCUT2D eigenvalue weighted by molar-refractivity contribution is -0.146. The number of carbonyl (C=O) groups is 1. The summed E-state index contributed by atoms with van der Waals surface area (Å²) in [6.07, 6.45) is 5.24. The topological polar surface area (TPSA) is 82.7 Å². The van der Waals surface area contributed by atoms with Gasteiger partial charge in [0.15, 0.2) is 0 Å². The number of carbonyl (C=O) groups excluding carboxylic acids is 1. The van der Waals surface area contributed by atoms with Crippen molar-refractivity contribution in [2.45, 2.75) is 44.1 Å². The number of nitrogens with zero attached hydrogens (tertiary/aromatic N) is 2. The first-order valence-electron chi connectivity index (χ1n) is 10.0. The lowest BCUT2D eigenvalue weighted by Crippen LogP contribution is -2.54. The van der Waals surface area contributed by atoms with Crippen molar-refractivity contribution in [1.29, 1.82) is 0 Å². The molecule has 2 aliphatic rings. The smallest absolute Gasteiger partial charge is 0.324 e. The monoisotopic (exact) mass is 423 g/mol. The van der Waals surface area contributed by atoms with Crippen LogP contribution < -0.4 is 0 Å². The van der Waals surface area contributed by atoms with Gasteiger partial charge in [-0.2, -0.15) is 17.0 Å².